The van der Waals surface area contributed by atoms with Crippen molar-refractivity contribution in [3.05, 3.63) is 0 Å². The number of hydrogen-bond donors (Lipinski definition) is 1. The molecule has 2 atom stereocenters. The van der Waals surface area contributed by atoms with Crippen molar-refractivity contribution in [2.24, 2.45) is 5.92 Å². The fourth-order valence-electron chi connectivity index (χ4n) is 3.24. The van der Waals surface area contributed by atoms with Gasteiger partial charge in [0.1, 0.15) is 0 Å². The molecule has 2 fully saturated rings. The first-order valence-electron chi connectivity index (χ1n) is 7.11. The lowest BCUT2D eigenvalue weighted by molar-refractivity contribution is -0.0617. The lowest BCUT2D eigenvalue weighted by Crippen LogP contribution is -2.65. The zero-order valence-corrected chi connectivity index (χ0v) is 11.8. The zero-order valence-electron chi connectivity index (χ0n) is 11.8. The van der Waals surface area contributed by atoms with Gasteiger partial charge in [0.25, 0.3) is 0 Å². The largest absolute Gasteiger partial charge is 0.381 e. The van der Waals surface area contributed by atoms with Gasteiger partial charge in [-0.15, -0.1) is 0 Å². The zero-order chi connectivity index (χ0) is 12.5. The maximum Gasteiger partial charge on any atom is 0.0483 e. The van der Waals surface area contributed by atoms with Gasteiger partial charge in [0.15, 0.2) is 0 Å². The smallest absolute Gasteiger partial charge is 0.0483 e. The van der Waals surface area contributed by atoms with E-state index in [4.69, 9.17) is 4.74 Å². The van der Waals surface area contributed by atoms with Crippen molar-refractivity contribution in [3.63, 3.8) is 0 Å². The molecule has 2 unspecified atom stereocenters. The molecule has 3 nitrogen and oxygen atoms in total. The van der Waals surface area contributed by atoms with Crippen molar-refractivity contribution in [1.82, 2.24) is 10.2 Å². The van der Waals surface area contributed by atoms with Gasteiger partial charge >= 0.3 is 0 Å². The summed E-state index contributed by atoms with van der Waals surface area (Å²) in [5.74, 6) is 0.717. The third-order valence-corrected chi connectivity index (χ3v) is 4.58. The summed E-state index contributed by atoms with van der Waals surface area (Å²) in [7, 11) is 0. The minimum absolute atomic E-state index is 0.351. The van der Waals surface area contributed by atoms with E-state index in [1.54, 1.807) is 0 Å². The van der Waals surface area contributed by atoms with Crippen LogP contribution in [-0.2, 0) is 4.74 Å². The van der Waals surface area contributed by atoms with Crippen LogP contribution in [0.25, 0.3) is 0 Å². The molecule has 2 saturated heterocycles. The molecule has 0 bridgehead atoms. The lowest BCUT2D eigenvalue weighted by Gasteiger charge is -2.52. The summed E-state index contributed by atoms with van der Waals surface area (Å²) in [5.41, 5.74) is 0.351. The van der Waals surface area contributed by atoms with Crippen LogP contribution >= 0.6 is 0 Å². The highest BCUT2D eigenvalue weighted by molar-refractivity contribution is 4.97. The van der Waals surface area contributed by atoms with Gasteiger partial charge in [0.2, 0.25) is 0 Å². The molecule has 0 amide bonds. The van der Waals surface area contributed by atoms with Gasteiger partial charge in [-0.1, -0.05) is 13.8 Å². The number of nitrogens with one attached hydrogen (secondary N) is 1. The molecule has 17 heavy (non-hydrogen) atoms. The molecule has 0 aromatic rings. The predicted molar refractivity (Wildman–Crippen MR) is 71.3 cm³/mol. The Morgan fingerprint density at radius 3 is 2.53 bits per heavy atom. The van der Waals surface area contributed by atoms with Crippen LogP contribution in [0.15, 0.2) is 0 Å². The Bertz CT molecular complexity index is 249. The van der Waals surface area contributed by atoms with Crippen LogP contribution in [-0.4, -0.2) is 48.8 Å². The molecular formula is C14H28N2O. The molecule has 3 heteroatoms. The van der Waals surface area contributed by atoms with Gasteiger partial charge in [0, 0.05) is 43.9 Å². The third-order valence-electron chi connectivity index (χ3n) is 4.58. The van der Waals surface area contributed by atoms with Crippen LogP contribution in [0.5, 0.6) is 0 Å². The Hall–Kier alpha value is -0.120. The van der Waals surface area contributed by atoms with E-state index in [-0.39, 0.29) is 0 Å². The molecule has 0 radical (unpaired) electrons. The van der Waals surface area contributed by atoms with E-state index >= 15 is 0 Å². The van der Waals surface area contributed by atoms with Crippen LogP contribution in [0.2, 0.25) is 0 Å². The van der Waals surface area contributed by atoms with Gasteiger partial charge in [-0.25, -0.2) is 0 Å². The highest BCUT2D eigenvalue weighted by atomic mass is 16.5. The van der Waals surface area contributed by atoms with Gasteiger partial charge in [-0.3, -0.25) is 4.90 Å². The summed E-state index contributed by atoms with van der Waals surface area (Å²) in [6.07, 6.45) is 2.37. The summed E-state index contributed by atoms with van der Waals surface area (Å²) < 4.78 is 5.54. The Morgan fingerprint density at radius 1 is 1.29 bits per heavy atom. The van der Waals surface area contributed by atoms with Crippen molar-refractivity contribution in [1.29, 1.82) is 0 Å². The average Bonchev–Trinajstić information content (AvgIpc) is 2.29. The fraction of sp³-hybridized carbons (Fsp3) is 1.00. The fourth-order valence-corrected chi connectivity index (χ4v) is 3.24. The Balaban J connectivity index is 2.12. The topological polar surface area (TPSA) is 24.5 Å². The molecular weight excluding hydrogens is 212 g/mol. The standard InChI is InChI=1S/C14H28N2O/c1-11(2)13-9-15-12(3)10-16(13)14(4)5-7-17-8-6-14/h11-13,15H,5-10H2,1-4H3. The molecule has 2 heterocycles. The van der Waals surface area contributed by atoms with Crippen molar-refractivity contribution < 1.29 is 4.74 Å². The van der Waals surface area contributed by atoms with Crippen molar-refractivity contribution in [3.8, 4) is 0 Å². The second kappa shape index (κ2) is 5.25. The molecule has 100 valence electrons. The number of ether oxygens (including phenoxy) is 1. The van der Waals surface area contributed by atoms with Crippen molar-refractivity contribution in [2.75, 3.05) is 26.3 Å². The first-order chi connectivity index (χ1) is 8.03. The van der Waals surface area contributed by atoms with E-state index in [0.717, 1.165) is 25.7 Å². The Labute approximate surface area is 106 Å². The quantitative estimate of drug-likeness (QED) is 0.797. The summed E-state index contributed by atoms with van der Waals surface area (Å²) in [5, 5.41) is 3.63. The van der Waals surface area contributed by atoms with E-state index < -0.39 is 0 Å². The van der Waals surface area contributed by atoms with E-state index in [2.05, 4.69) is 37.9 Å². The molecule has 0 saturated carbocycles. The van der Waals surface area contributed by atoms with E-state index in [1.165, 1.54) is 19.4 Å². The molecule has 0 spiro atoms. The number of rotatable bonds is 2. The molecule has 0 aromatic carbocycles. The molecule has 0 aromatic heterocycles. The summed E-state index contributed by atoms with van der Waals surface area (Å²) in [4.78, 5) is 2.77. The van der Waals surface area contributed by atoms with Crippen LogP contribution < -0.4 is 5.32 Å². The average molecular weight is 240 g/mol. The highest BCUT2D eigenvalue weighted by Crippen LogP contribution is 2.32. The summed E-state index contributed by atoms with van der Waals surface area (Å²) in [6.45, 7) is 13.6. The third kappa shape index (κ3) is 2.83. The number of piperazine rings is 1. The van der Waals surface area contributed by atoms with Crippen LogP contribution in [0.4, 0.5) is 0 Å². The molecule has 2 aliphatic rings. The Morgan fingerprint density at radius 2 is 1.94 bits per heavy atom. The second-order valence-electron chi connectivity index (χ2n) is 6.38. The van der Waals surface area contributed by atoms with Crippen LogP contribution in [0.1, 0.15) is 40.5 Å². The van der Waals surface area contributed by atoms with Crippen LogP contribution in [0.3, 0.4) is 0 Å². The molecule has 0 aliphatic carbocycles. The minimum atomic E-state index is 0.351. The molecule has 2 aliphatic heterocycles. The maximum atomic E-state index is 5.54. The van der Waals surface area contributed by atoms with E-state index in [1.807, 2.05) is 0 Å². The molecule has 2 rings (SSSR count). The Kier molecular flexibility index (Phi) is 4.11. The molecule has 1 N–H and O–H groups in total. The first kappa shape index (κ1) is 13.3. The van der Waals surface area contributed by atoms with E-state index in [0.29, 0.717) is 17.6 Å². The highest BCUT2D eigenvalue weighted by Gasteiger charge is 2.41. The summed E-state index contributed by atoms with van der Waals surface area (Å²) >= 11 is 0. The van der Waals surface area contributed by atoms with Gasteiger partial charge in [0.05, 0.1) is 0 Å². The lowest BCUT2D eigenvalue weighted by atomic mass is 9.85. The second-order valence-corrected chi connectivity index (χ2v) is 6.38. The predicted octanol–water partition coefficient (Wildman–Crippen LogP) is 1.87. The van der Waals surface area contributed by atoms with Crippen molar-refractivity contribution >= 4 is 0 Å². The van der Waals surface area contributed by atoms with Gasteiger partial charge < -0.3 is 10.1 Å². The minimum Gasteiger partial charge on any atom is -0.381 e. The monoisotopic (exact) mass is 240 g/mol. The summed E-state index contributed by atoms with van der Waals surface area (Å²) in [6, 6.07) is 1.29. The first-order valence-corrected chi connectivity index (χ1v) is 7.11. The van der Waals surface area contributed by atoms with Crippen LogP contribution in [0, 0.1) is 5.92 Å². The van der Waals surface area contributed by atoms with E-state index in [9.17, 15) is 0 Å². The normalized spacial score (nSPS) is 35.1. The van der Waals surface area contributed by atoms with Crippen molar-refractivity contribution in [2.45, 2.75) is 58.2 Å². The van der Waals surface area contributed by atoms with Gasteiger partial charge in [-0.05, 0) is 32.6 Å². The van der Waals surface area contributed by atoms with Gasteiger partial charge in [-0.2, -0.15) is 0 Å². The SMILES string of the molecule is CC1CN(C2(C)CCOCC2)C(C(C)C)CN1. The number of hydrogen-bond acceptors (Lipinski definition) is 3. The maximum absolute atomic E-state index is 5.54. The number of nitrogens with zero attached hydrogens (tertiary/aromatic N) is 1.